The van der Waals surface area contributed by atoms with Gasteiger partial charge in [0.1, 0.15) is 11.4 Å². The average Bonchev–Trinajstić information content (AvgIpc) is 2.33. The lowest BCUT2D eigenvalue weighted by Crippen LogP contribution is -2.05. The van der Waals surface area contributed by atoms with Crippen molar-refractivity contribution in [1.82, 2.24) is 9.97 Å². The molecule has 2 aromatic rings. The molecule has 0 atom stereocenters. The molecule has 6 nitrogen and oxygen atoms in total. The van der Waals surface area contributed by atoms with Gasteiger partial charge in [0.15, 0.2) is 0 Å². The van der Waals surface area contributed by atoms with Crippen molar-refractivity contribution in [2.75, 3.05) is 5.73 Å². The molecule has 2 rings (SSSR count). The smallest absolute Gasteiger partial charge is 0.338 e. The van der Waals surface area contributed by atoms with Gasteiger partial charge in [0.2, 0.25) is 5.88 Å². The van der Waals surface area contributed by atoms with E-state index >= 15 is 0 Å². The minimum Gasteiger partial charge on any atom is -0.478 e. The lowest BCUT2D eigenvalue weighted by Gasteiger charge is -2.08. The van der Waals surface area contributed by atoms with E-state index in [1.165, 1.54) is 18.5 Å². The molecule has 2 heterocycles. The topological polar surface area (TPSA) is 98.3 Å². The molecule has 0 saturated heterocycles. The average molecular weight is 231 g/mol. The van der Waals surface area contributed by atoms with Crippen molar-refractivity contribution < 1.29 is 14.6 Å². The van der Waals surface area contributed by atoms with Gasteiger partial charge in [-0.2, -0.15) is 0 Å². The number of rotatable bonds is 3. The van der Waals surface area contributed by atoms with Crippen LogP contribution >= 0.6 is 0 Å². The molecular formula is C11H9N3O3. The zero-order valence-corrected chi connectivity index (χ0v) is 8.70. The van der Waals surface area contributed by atoms with Crippen LogP contribution in [0.5, 0.6) is 11.6 Å². The number of nitrogen functional groups attached to an aromatic ring is 1. The lowest BCUT2D eigenvalue weighted by atomic mass is 10.2. The normalized spacial score (nSPS) is 9.88. The van der Waals surface area contributed by atoms with E-state index in [1.807, 2.05) is 0 Å². The second-order valence-corrected chi connectivity index (χ2v) is 3.17. The van der Waals surface area contributed by atoms with Gasteiger partial charge in [-0.05, 0) is 18.2 Å². The Morgan fingerprint density at radius 3 is 2.82 bits per heavy atom. The van der Waals surface area contributed by atoms with Gasteiger partial charge >= 0.3 is 5.97 Å². The molecule has 17 heavy (non-hydrogen) atoms. The van der Waals surface area contributed by atoms with Crippen LogP contribution in [0, 0.1) is 0 Å². The first kappa shape index (κ1) is 10.9. The van der Waals surface area contributed by atoms with E-state index in [4.69, 9.17) is 15.6 Å². The number of aromatic carboxylic acids is 1. The quantitative estimate of drug-likeness (QED) is 0.831. The molecule has 0 radical (unpaired) electrons. The summed E-state index contributed by atoms with van der Waals surface area (Å²) in [5, 5.41) is 8.88. The minimum absolute atomic E-state index is 0.0103. The maximum atomic E-state index is 10.9. The van der Waals surface area contributed by atoms with Gasteiger partial charge in [-0.3, -0.25) is 4.98 Å². The molecule has 0 aliphatic carbocycles. The Hall–Kier alpha value is -2.63. The molecule has 0 bridgehead atoms. The molecule has 0 amide bonds. The third kappa shape index (κ3) is 2.31. The van der Waals surface area contributed by atoms with E-state index in [9.17, 15) is 4.79 Å². The fraction of sp³-hybridized carbons (Fsp3) is 0. The monoisotopic (exact) mass is 231 g/mol. The number of pyridine rings is 2. The van der Waals surface area contributed by atoms with Crippen LogP contribution in [0.25, 0.3) is 0 Å². The molecule has 3 N–H and O–H groups in total. The summed E-state index contributed by atoms with van der Waals surface area (Å²) in [5.41, 5.74) is 5.59. The number of ether oxygens (including phenoxy) is 1. The number of nitrogens with zero attached hydrogens (tertiary/aromatic N) is 2. The highest BCUT2D eigenvalue weighted by molar-refractivity contribution is 5.94. The van der Waals surface area contributed by atoms with Crippen LogP contribution in [0.15, 0.2) is 36.8 Å². The first-order chi connectivity index (χ1) is 8.18. The second kappa shape index (κ2) is 4.48. The summed E-state index contributed by atoms with van der Waals surface area (Å²) < 4.78 is 5.34. The Bertz CT molecular complexity index is 543. The molecule has 0 unspecified atom stereocenters. The fourth-order valence-electron chi connectivity index (χ4n) is 1.24. The van der Waals surface area contributed by atoms with Gasteiger partial charge in [-0.25, -0.2) is 9.78 Å². The summed E-state index contributed by atoms with van der Waals surface area (Å²) in [6.45, 7) is 0. The third-order valence-electron chi connectivity index (χ3n) is 2.03. The first-order valence-electron chi connectivity index (χ1n) is 4.74. The number of aromatic nitrogens is 2. The molecule has 0 aliphatic rings. The van der Waals surface area contributed by atoms with Gasteiger partial charge in [-0.15, -0.1) is 0 Å². The van der Waals surface area contributed by atoms with Crippen LogP contribution in [0.3, 0.4) is 0 Å². The maximum absolute atomic E-state index is 10.9. The fourth-order valence-corrected chi connectivity index (χ4v) is 1.24. The molecule has 0 aliphatic heterocycles. The summed E-state index contributed by atoms with van der Waals surface area (Å²) in [6.07, 6.45) is 4.40. The molecule has 0 aromatic carbocycles. The Balaban J connectivity index is 2.34. The molecule has 0 saturated carbocycles. The number of carboxylic acid groups (broad SMARTS) is 1. The number of carbonyl (C=O) groups is 1. The van der Waals surface area contributed by atoms with E-state index in [-0.39, 0.29) is 17.1 Å². The molecule has 2 aromatic heterocycles. The van der Waals surface area contributed by atoms with Gasteiger partial charge in [-0.1, -0.05) is 0 Å². The van der Waals surface area contributed by atoms with Crippen LogP contribution in [-0.4, -0.2) is 21.0 Å². The van der Waals surface area contributed by atoms with Crippen LogP contribution in [0.2, 0.25) is 0 Å². The van der Waals surface area contributed by atoms with Crippen molar-refractivity contribution in [2.24, 2.45) is 0 Å². The Morgan fingerprint density at radius 2 is 2.18 bits per heavy atom. The number of hydrogen-bond donors (Lipinski definition) is 2. The van der Waals surface area contributed by atoms with Crippen molar-refractivity contribution in [3.63, 3.8) is 0 Å². The standard InChI is InChI=1S/C11H9N3O3/c12-9-8(11(15)16)3-5-14-10(9)17-7-2-1-4-13-6-7/h1-6H,12H2,(H,15,16). The van der Waals surface area contributed by atoms with E-state index in [1.54, 1.807) is 18.3 Å². The van der Waals surface area contributed by atoms with Gasteiger partial charge in [0.05, 0.1) is 11.8 Å². The number of anilines is 1. The third-order valence-corrected chi connectivity index (χ3v) is 2.03. The molecule has 86 valence electrons. The predicted molar refractivity (Wildman–Crippen MR) is 59.9 cm³/mol. The summed E-state index contributed by atoms with van der Waals surface area (Å²) in [5.74, 6) is -0.631. The van der Waals surface area contributed by atoms with E-state index in [0.717, 1.165) is 0 Å². The zero-order valence-electron chi connectivity index (χ0n) is 8.70. The summed E-state index contributed by atoms with van der Waals surface area (Å²) in [7, 11) is 0. The van der Waals surface area contributed by atoms with Crippen LogP contribution in [-0.2, 0) is 0 Å². The van der Waals surface area contributed by atoms with Crippen molar-refractivity contribution in [3.05, 3.63) is 42.4 Å². The summed E-state index contributed by atoms with van der Waals surface area (Å²) in [4.78, 5) is 18.6. The van der Waals surface area contributed by atoms with Gasteiger partial charge in [0.25, 0.3) is 0 Å². The summed E-state index contributed by atoms with van der Waals surface area (Å²) >= 11 is 0. The predicted octanol–water partition coefficient (Wildman–Crippen LogP) is 1.55. The van der Waals surface area contributed by atoms with Crippen molar-refractivity contribution >= 4 is 11.7 Å². The van der Waals surface area contributed by atoms with Gasteiger partial charge < -0.3 is 15.6 Å². The van der Waals surface area contributed by atoms with E-state index in [2.05, 4.69) is 9.97 Å². The van der Waals surface area contributed by atoms with Crippen molar-refractivity contribution in [2.45, 2.75) is 0 Å². The van der Waals surface area contributed by atoms with Crippen molar-refractivity contribution in [3.8, 4) is 11.6 Å². The first-order valence-corrected chi connectivity index (χ1v) is 4.74. The molecule has 0 spiro atoms. The van der Waals surface area contributed by atoms with Crippen molar-refractivity contribution in [1.29, 1.82) is 0 Å². The molecule has 0 fully saturated rings. The largest absolute Gasteiger partial charge is 0.478 e. The molecular weight excluding hydrogens is 222 g/mol. The van der Waals surface area contributed by atoms with Gasteiger partial charge in [0, 0.05) is 12.4 Å². The highest BCUT2D eigenvalue weighted by Gasteiger charge is 2.13. The van der Waals surface area contributed by atoms with Crippen LogP contribution in [0.4, 0.5) is 5.69 Å². The maximum Gasteiger partial charge on any atom is 0.338 e. The minimum atomic E-state index is -1.12. The highest BCUT2D eigenvalue weighted by atomic mass is 16.5. The Morgan fingerprint density at radius 1 is 1.35 bits per heavy atom. The Kier molecular flexibility index (Phi) is 2.87. The van der Waals surface area contributed by atoms with E-state index in [0.29, 0.717) is 5.75 Å². The number of carboxylic acids is 1. The SMILES string of the molecule is Nc1c(C(=O)O)ccnc1Oc1cccnc1. The second-order valence-electron chi connectivity index (χ2n) is 3.17. The van der Waals surface area contributed by atoms with Crippen LogP contribution in [0.1, 0.15) is 10.4 Å². The van der Waals surface area contributed by atoms with Crippen LogP contribution < -0.4 is 10.5 Å². The van der Waals surface area contributed by atoms with E-state index < -0.39 is 5.97 Å². The number of nitrogens with two attached hydrogens (primary N) is 1. The number of hydrogen-bond acceptors (Lipinski definition) is 5. The lowest BCUT2D eigenvalue weighted by molar-refractivity contribution is 0.0697. The Labute approximate surface area is 96.7 Å². The zero-order chi connectivity index (χ0) is 12.3. The highest BCUT2D eigenvalue weighted by Crippen LogP contribution is 2.26. The molecule has 6 heteroatoms. The summed E-state index contributed by atoms with van der Waals surface area (Å²) in [6, 6.07) is 4.67.